The number of amides is 1. The van der Waals surface area contributed by atoms with E-state index >= 15 is 0 Å². The minimum atomic E-state index is -3.77. The smallest absolute Gasteiger partial charge is 0.261 e. The molecule has 0 unspecified atom stereocenters. The standard InChI is InChI=1S/C23H24N2O5S/c1-17(23(26)24-2)30-21-12-14-22(15-13-21)31(27,28)25-19-8-10-20(11-9-19)29-16-18-6-4-3-5-7-18/h3-15,17,25H,16H2,1-2H3,(H,24,26)/t17-/m0/s1. The van der Waals surface area contributed by atoms with E-state index in [2.05, 4.69) is 10.0 Å². The third kappa shape index (κ3) is 6.23. The van der Waals surface area contributed by atoms with Crippen molar-refractivity contribution in [3.63, 3.8) is 0 Å². The Morgan fingerprint density at radius 3 is 2.13 bits per heavy atom. The van der Waals surface area contributed by atoms with E-state index in [1.54, 1.807) is 31.2 Å². The van der Waals surface area contributed by atoms with E-state index in [-0.39, 0.29) is 10.8 Å². The van der Waals surface area contributed by atoms with Gasteiger partial charge in [0.2, 0.25) is 0 Å². The molecule has 3 aromatic rings. The van der Waals surface area contributed by atoms with Crippen molar-refractivity contribution >= 4 is 21.6 Å². The van der Waals surface area contributed by atoms with Crippen LogP contribution in [0.25, 0.3) is 0 Å². The number of carbonyl (C=O) groups excluding carboxylic acids is 1. The molecule has 1 atom stereocenters. The van der Waals surface area contributed by atoms with Crippen LogP contribution >= 0.6 is 0 Å². The molecule has 3 aromatic carbocycles. The van der Waals surface area contributed by atoms with Crippen molar-refractivity contribution in [2.75, 3.05) is 11.8 Å². The lowest BCUT2D eigenvalue weighted by atomic mass is 10.2. The molecule has 31 heavy (non-hydrogen) atoms. The summed E-state index contributed by atoms with van der Waals surface area (Å²) in [5, 5.41) is 2.49. The summed E-state index contributed by atoms with van der Waals surface area (Å²) >= 11 is 0. The molecule has 3 rings (SSSR count). The highest BCUT2D eigenvalue weighted by Gasteiger charge is 2.16. The quantitative estimate of drug-likeness (QED) is 0.530. The number of hydrogen-bond acceptors (Lipinski definition) is 5. The molecule has 8 heteroatoms. The van der Waals surface area contributed by atoms with Crippen molar-refractivity contribution in [1.29, 1.82) is 0 Å². The van der Waals surface area contributed by atoms with Crippen molar-refractivity contribution in [2.45, 2.75) is 24.5 Å². The number of benzene rings is 3. The van der Waals surface area contributed by atoms with Crippen LogP contribution in [0.5, 0.6) is 11.5 Å². The molecule has 0 saturated heterocycles. The summed E-state index contributed by atoms with van der Waals surface area (Å²) < 4.78 is 39.0. The number of anilines is 1. The first-order valence-electron chi connectivity index (χ1n) is 9.65. The van der Waals surface area contributed by atoms with Crippen LogP contribution in [0.4, 0.5) is 5.69 Å². The van der Waals surface area contributed by atoms with Gasteiger partial charge in [0.15, 0.2) is 6.10 Å². The fraction of sp³-hybridized carbons (Fsp3) is 0.174. The number of sulfonamides is 1. The number of carbonyl (C=O) groups is 1. The maximum absolute atomic E-state index is 12.6. The second-order valence-corrected chi connectivity index (χ2v) is 8.43. The van der Waals surface area contributed by atoms with Crippen molar-refractivity contribution in [2.24, 2.45) is 0 Å². The van der Waals surface area contributed by atoms with E-state index in [1.165, 1.54) is 31.3 Å². The minimum absolute atomic E-state index is 0.0804. The van der Waals surface area contributed by atoms with Gasteiger partial charge in [0, 0.05) is 12.7 Å². The normalized spacial score (nSPS) is 11.9. The van der Waals surface area contributed by atoms with E-state index < -0.39 is 16.1 Å². The summed E-state index contributed by atoms with van der Waals surface area (Å²) in [5.74, 6) is 0.767. The lowest BCUT2D eigenvalue weighted by Gasteiger charge is -2.14. The van der Waals surface area contributed by atoms with Gasteiger partial charge in [-0.05, 0) is 61.0 Å². The SMILES string of the molecule is CNC(=O)[C@H](C)Oc1ccc(S(=O)(=O)Nc2ccc(OCc3ccccc3)cc2)cc1. The van der Waals surface area contributed by atoms with E-state index in [0.717, 1.165) is 5.56 Å². The third-order valence-corrected chi connectivity index (χ3v) is 5.81. The van der Waals surface area contributed by atoms with Crippen molar-refractivity contribution in [1.82, 2.24) is 5.32 Å². The fourth-order valence-electron chi connectivity index (χ4n) is 2.73. The second kappa shape index (κ2) is 9.99. The van der Waals surface area contributed by atoms with Gasteiger partial charge >= 0.3 is 0 Å². The van der Waals surface area contributed by atoms with E-state index in [4.69, 9.17) is 9.47 Å². The molecule has 0 aliphatic heterocycles. The average molecular weight is 441 g/mol. The van der Waals surface area contributed by atoms with E-state index in [9.17, 15) is 13.2 Å². The number of hydrogen-bond donors (Lipinski definition) is 2. The van der Waals surface area contributed by atoms with Crippen LogP contribution in [0, 0.1) is 0 Å². The molecule has 0 fully saturated rings. The van der Waals surface area contributed by atoms with Gasteiger partial charge in [-0.3, -0.25) is 9.52 Å². The summed E-state index contributed by atoms with van der Waals surface area (Å²) in [6, 6.07) is 22.3. The highest BCUT2D eigenvalue weighted by Crippen LogP contribution is 2.22. The van der Waals surface area contributed by atoms with Gasteiger partial charge in [-0.25, -0.2) is 8.42 Å². The lowest BCUT2D eigenvalue weighted by molar-refractivity contribution is -0.126. The Kier molecular flexibility index (Phi) is 7.15. The highest BCUT2D eigenvalue weighted by atomic mass is 32.2. The topological polar surface area (TPSA) is 93.7 Å². The van der Waals surface area contributed by atoms with Crippen LogP contribution in [0.1, 0.15) is 12.5 Å². The highest BCUT2D eigenvalue weighted by molar-refractivity contribution is 7.92. The molecule has 0 saturated carbocycles. The Bertz CT molecular complexity index is 1100. The van der Waals surface area contributed by atoms with Crippen molar-refractivity contribution in [3.8, 4) is 11.5 Å². The monoisotopic (exact) mass is 440 g/mol. The summed E-state index contributed by atoms with van der Waals surface area (Å²) in [5.41, 5.74) is 1.46. The van der Waals surface area contributed by atoms with Crippen LogP contribution in [0.2, 0.25) is 0 Å². The zero-order valence-electron chi connectivity index (χ0n) is 17.2. The molecule has 2 N–H and O–H groups in total. The maximum atomic E-state index is 12.6. The summed E-state index contributed by atoms with van der Waals surface area (Å²) in [6.07, 6.45) is -0.687. The van der Waals surface area contributed by atoms with Crippen LogP contribution in [0.3, 0.4) is 0 Å². The number of nitrogens with one attached hydrogen (secondary N) is 2. The van der Waals surface area contributed by atoms with Gasteiger partial charge in [0.1, 0.15) is 18.1 Å². The van der Waals surface area contributed by atoms with Gasteiger partial charge in [-0.2, -0.15) is 0 Å². The first-order chi connectivity index (χ1) is 14.9. The molecule has 1 amide bonds. The predicted molar refractivity (Wildman–Crippen MR) is 119 cm³/mol. The molecule has 0 heterocycles. The van der Waals surface area contributed by atoms with Gasteiger partial charge in [-0.15, -0.1) is 0 Å². The zero-order valence-corrected chi connectivity index (χ0v) is 18.1. The van der Waals surface area contributed by atoms with E-state index in [1.807, 2.05) is 30.3 Å². The zero-order chi connectivity index (χ0) is 22.3. The number of likely N-dealkylation sites (N-methyl/N-ethyl adjacent to an activating group) is 1. The summed E-state index contributed by atoms with van der Waals surface area (Å²) in [6.45, 7) is 2.04. The Morgan fingerprint density at radius 1 is 0.903 bits per heavy atom. The van der Waals surface area contributed by atoms with Gasteiger partial charge < -0.3 is 14.8 Å². The van der Waals surface area contributed by atoms with Crippen molar-refractivity contribution < 1.29 is 22.7 Å². The predicted octanol–water partition coefficient (Wildman–Crippen LogP) is 3.58. The number of ether oxygens (including phenoxy) is 2. The molecule has 162 valence electrons. The van der Waals surface area contributed by atoms with Gasteiger partial charge in [0.25, 0.3) is 15.9 Å². The third-order valence-electron chi connectivity index (χ3n) is 4.42. The molecular weight excluding hydrogens is 416 g/mol. The van der Waals surface area contributed by atoms with Gasteiger partial charge in [-0.1, -0.05) is 30.3 Å². The Labute approximate surface area is 182 Å². The lowest BCUT2D eigenvalue weighted by Crippen LogP contribution is -2.33. The van der Waals surface area contributed by atoms with Crippen LogP contribution in [-0.2, 0) is 21.4 Å². The molecule has 0 aliphatic rings. The molecule has 0 aliphatic carbocycles. The molecule has 0 aromatic heterocycles. The molecule has 7 nitrogen and oxygen atoms in total. The van der Waals surface area contributed by atoms with Crippen LogP contribution in [0.15, 0.2) is 83.8 Å². The average Bonchev–Trinajstić information content (AvgIpc) is 2.79. The Morgan fingerprint density at radius 2 is 1.52 bits per heavy atom. The molecule has 0 bridgehead atoms. The molecule has 0 spiro atoms. The first kappa shape index (κ1) is 22.2. The van der Waals surface area contributed by atoms with Gasteiger partial charge in [0.05, 0.1) is 4.90 Å². The fourth-order valence-corrected chi connectivity index (χ4v) is 3.79. The van der Waals surface area contributed by atoms with E-state index in [0.29, 0.717) is 23.8 Å². The summed E-state index contributed by atoms with van der Waals surface area (Å²) in [7, 11) is -2.25. The summed E-state index contributed by atoms with van der Waals surface area (Å²) in [4.78, 5) is 11.6. The molecule has 0 radical (unpaired) electrons. The van der Waals surface area contributed by atoms with Crippen LogP contribution in [-0.4, -0.2) is 27.5 Å². The second-order valence-electron chi connectivity index (χ2n) is 6.75. The Balaban J connectivity index is 1.60. The minimum Gasteiger partial charge on any atom is -0.489 e. The maximum Gasteiger partial charge on any atom is 0.261 e. The number of rotatable bonds is 9. The molecular formula is C23H24N2O5S. The van der Waals surface area contributed by atoms with Crippen molar-refractivity contribution in [3.05, 3.63) is 84.4 Å². The Hall–Kier alpha value is -3.52. The largest absolute Gasteiger partial charge is 0.489 e. The first-order valence-corrected chi connectivity index (χ1v) is 11.1. The van der Waals surface area contributed by atoms with Crippen LogP contribution < -0.4 is 19.5 Å².